The van der Waals surface area contributed by atoms with Gasteiger partial charge in [-0.15, -0.1) is 11.8 Å². The summed E-state index contributed by atoms with van der Waals surface area (Å²) in [6.07, 6.45) is 0. The van der Waals surface area contributed by atoms with Crippen LogP contribution in [0.3, 0.4) is 0 Å². The fourth-order valence-corrected chi connectivity index (χ4v) is 3.07. The van der Waals surface area contributed by atoms with Crippen molar-refractivity contribution in [3.63, 3.8) is 0 Å². The van der Waals surface area contributed by atoms with E-state index >= 15 is 0 Å². The Labute approximate surface area is 159 Å². The molecule has 2 rings (SSSR count). The number of ether oxygens (including phenoxy) is 1. The number of esters is 1. The van der Waals surface area contributed by atoms with Gasteiger partial charge in [-0.25, -0.2) is 0 Å². The van der Waals surface area contributed by atoms with E-state index in [1.807, 2.05) is 56.3 Å². The lowest BCUT2D eigenvalue weighted by Crippen LogP contribution is -2.21. The summed E-state index contributed by atoms with van der Waals surface area (Å²) in [4.78, 5) is 24.7. The SMILES string of the molecule is Cc1ccc(SCC(=O)OCC(=O)Nc2ccc(C(C)C)cc2)cc1C. The van der Waals surface area contributed by atoms with Gasteiger partial charge in [0.25, 0.3) is 5.91 Å². The molecule has 1 amide bonds. The van der Waals surface area contributed by atoms with Crippen LogP contribution < -0.4 is 5.32 Å². The molecule has 1 N–H and O–H groups in total. The van der Waals surface area contributed by atoms with Crippen LogP contribution in [0.25, 0.3) is 0 Å². The monoisotopic (exact) mass is 371 g/mol. The van der Waals surface area contributed by atoms with E-state index in [1.165, 1.54) is 28.5 Å². The van der Waals surface area contributed by atoms with Gasteiger partial charge in [0, 0.05) is 10.6 Å². The minimum Gasteiger partial charge on any atom is -0.455 e. The summed E-state index contributed by atoms with van der Waals surface area (Å²) in [6.45, 7) is 8.03. The van der Waals surface area contributed by atoms with Gasteiger partial charge in [-0.2, -0.15) is 0 Å². The number of thioether (sulfide) groups is 1. The molecule has 0 saturated heterocycles. The molecule has 0 spiro atoms. The summed E-state index contributed by atoms with van der Waals surface area (Å²) >= 11 is 1.41. The van der Waals surface area contributed by atoms with Crippen molar-refractivity contribution in [2.24, 2.45) is 0 Å². The molecule has 0 atom stereocenters. The highest BCUT2D eigenvalue weighted by molar-refractivity contribution is 8.00. The Morgan fingerprint density at radius 3 is 2.35 bits per heavy atom. The third-order valence-electron chi connectivity index (χ3n) is 4.06. The summed E-state index contributed by atoms with van der Waals surface area (Å²) in [5.74, 6) is -0.125. The molecule has 0 aliphatic carbocycles. The smallest absolute Gasteiger partial charge is 0.316 e. The van der Waals surface area contributed by atoms with Crippen LogP contribution in [0, 0.1) is 13.8 Å². The molecule has 0 aliphatic rings. The molecule has 5 heteroatoms. The minimum atomic E-state index is -0.404. The van der Waals surface area contributed by atoms with Crippen LogP contribution in [0.4, 0.5) is 5.69 Å². The van der Waals surface area contributed by atoms with Gasteiger partial charge in [0.15, 0.2) is 6.61 Å². The molecule has 0 unspecified atom stereocenters. The van der Waals surface area contributed by atoms with Crippen molar-refractivity contribution in [1.29, 1.82) is 0 Å². The molecule has 0 heterocycles. The molecular weight excluding hydrogens is 346 g/mol. The normalized spacial score (nSPS) is 10.7. The van der Waals surface area contributed by atoms with E-state index in [9.17, 15) is 9.59 Å². The van der Waals surface area contributed by atoms with E-state index < -0.39 is 5.97 Å². The molecular formula is C21H25NO3S. The van der Waals surface area contributed by atoms with E-state index in [1.54, 1.807) is 0 Å². The fraction of sp³-hybridized carbons (Fsp3) is 0.333. The van der Waals surface area contributed by atoms with E-state index in [4.69, 9.17) is 4.74 Å². The Morgan fingerprint density at radius 1 is 1.04 bits per heavy atom. The van der Waals surface area contributed by atoms with Crippen molar-refractivity contribution in [1.82, 2.24) is 0 Å². The topological polar surface area (TPSA) is 55.4 Å². The molecule has 2 aromatic rings. The van der Waals surface area contributed by atoms with E-state index in [2.05, 4.69) is 19.2 Å². The molecule has 0 aromatic heterocycles. The summed E-state index contributed by atoms with van der Waals surface area (Å²) in [7, 11) is 0. The lowest BCUT2D eigenvalue weighted by molar-refractivity contribution is -0.144. The number of rotatable bonds is 7. The second kappa shape index (κ2) is 9.43. The lowest BCUT2D eigenvalue weighted by atomic mass is 10.0. The van der Waals surface area contributed by atoms with Gasteiger partial charge in [-0.05, 0) is 60.7 Å². The van der Waals surface area contributed by atoms with Gasteiger partial charge < -0.3 is 10.1 Å². The molecule has 2 aromatic carbocycles. The predicted octanol–water partition coefficient (Wildman–Crippen LogP) is 4.70. The van der Waals surface area contributed by atoms with Crippen LogP contribution in [-0.2, 0) is 14.3 Å². The Hall–Kier alpha value is -2.27. The van der Waals surface area contributed by atoms with Crippen LogP contribution in [0.15, 0.2) is 47.4 Å². The van der Waals surface area contributed by atoms with Crippen molar-refractivity contribution in [2.45, 2.75) is 38.5 Å². The number of aryl methyl sites for hydroxylation is 2. The van der Waals surface area contributed by atoms with Crippen molar-refractivity contribution in [2.75, 3.05) is 17.7 Å². The summed E-state index contributed by atoms with van der Waals surface area (Å²) in [5.41, 5.74) is 4.30. The molecule has 0 radical (unpaired) electrons. The number of hydrogen-bond donors (Lipinski definition) is 1. The third kappa shape index (κ3) is 6.23. The number of amides is 1. The number of carbonyl (C=O) groups excluding carboxylic acids is 2. The standard InChI is InChI=1S/C21H25NO3S/c1-14(2)17-6-8-18(9-7-17)22-20(23)12-25-21(24)13-26-19-10-5-15(3)16(4)11-19/h5-11,14H,12-13H2,1-4H3,(H,22,23). The van der Waals surface area contributed by atoms with Gasteiger partial charge in [0.1, 0.15) is 0 Å². The van der Waals surface area contributed by atoms with Crippen LogP contribution in [-0.4, -0.2) is 24.2 Å². The van der Waals surface area contributed by atoms with Gasteiger partial charge in [0.2, 0.25) is 0 Å². The van der Waals surface area contributed by atoms with Gasteiger partial charge >= 0.3 is 5.97 Å². The van der Waals surface area contributed by atoms with Crippen LogP contribution >= 0.6 is 11.8 Å². The zero-order chi connectivity index (χ0) is 19.1. The molecule has 138 valence electrons. The maximum atomic E-state index is 11.9. The molecule has 0 aliphatic heterocycles. The average molecular weight is 372 g/mol. The van der Waals surface area contributed by atoms with Crippen LogP contribution in [0.1, 0.15) is 36.5 Å². The Bertz CT molecular complexity index is 769. The first kappa shape index (κ1) is 20.0. The fourth-order valence-electron chi connectivity index (χ4n) is 2.28. The highest BCUT2D eigenvalue weighted by Crippen LogP contribution is 2.21. The zero-order valence-corrected chi connectivity index (χ0v) is 16.5. The number of anilines is 1. The summed E-state index contributed by atoms with van der Waals surface area (Å²) in [6, 6.07) is 13.7. The second-order valence-electron chi connectivity index (χ2n) is 6.52. The minimum absolute atomic E-state index is 0.179. The number of hydrogen-bond acceptors (Lipinski definition) is 4. The predicted molar refractivity (Wildman–Crippen MR) is 107 cm³/mol. The Balaban J connectivity index is 1.74. The number of nitrogens with one attached hydrogen (secondary N) is 1. The summed E-state index contributed by atoms with van der Waals surface area (Å²) < 4.78 is 5.04. The third-order valence-corrected chi connectivity index (χ3v) is 5.03. The molecule has 0 bridgehead atoms. The summed E-state index contributed by atoms with van der Waals surface area (Å²) in [5, 5.41) is 2.73. The molecule has 4 nitrogen and oxygen atoms in total. The Morgan fingerprint density at radius 2 is 1.73 bits per heavy atom. The number of benzene rings is 2. The van der Waals surface area contributed by atoms with Crippen molar-refractivity contribution in [3.8, 4) is 0 Å². The quantitative estimate of drug-likeness (QED) is 0.566. The first-order valence-corrected chi connectivity index (χ1v) is 9.59. The van der Waals surface area contributed by atoms with Gasteiger partial charge in [-0.1, -0.05) is 32.0 Å². The Kier molecular flexibility index (Phi) is 7.27. The molecule has 26 heavy (non-hydrogen) atoms. The van der Waals surface area contributed by atoms with Crippen molar-refractivity contribution >= 4 is 29.3 Å². The van der Waals surface area contributed by atoms with Gasteiger partial charge in [-0.3, -0.25) is 9.59 Å². The van der Waals surface area contributed by atoms with Gasteiger partial charge in [0.05, 0.1) is 5.75 Å². The highest BCUT2D eigenvalue weighted by Gasteiger charge is 2.09. The zero-order valence-electron chi connectivity index (χ0n) is 15.7. The lowest BCUT2D eigenvalue weighted by Gasteiger charge is -2.09. The molecule has 0 fully saturated rings. The largest absolute Gasteiger partial charge is 0.455 e. The first-order chi connectivity index (χ1) is 12.3. The second-order valence-corrected chi connectivity index (χ2v) is 7.57. The van der Waals surface area contributed by atoms with Crippen molar-refractivity contribution < 1.29 is 14.3 Å². The van der Waals surface area contributed by atoms with E-state index in [0.717, 1.165) is 4.90 Å². The van der Waals surface area contributed by atoms with E-state index in [-0.39, 0.29) is 18.3 Å². The van der Waals surface area contributed by atoms with E-state index in [0.29, 0.717) is 11.6 Å². The highest BCUT2D eigenvalue weighted by atomic mass is 32.2. The number of carbonyl (C=O) groups is 2. The van der Waals surface area contributed by atoms with Crippen molar-refractivity contribution in [3.05, 3.63) is 59.2 Å². The maximum absolute atomic E-state index is 11.9. The maximum Gasteiger partial charge on any atom is 0.316 e. The average Bonchev–Trinajstić information content (AvgIpc) is 2.61. The van der Waals surface area contributed by atoms with Crippen LogP contribution in [0.2, 0.25) is 0 Å². The van der Waals surface area contributed by atoms with Crippen LogP contribution in [0.5, 0.6) is 0 Å². The first-order valence-electron chi connectivity index (χ1n) is 8.60. The molecule has 0 saturated carbocycles.